The molecule has 0 aliphatic heterocycles. The average molecular weight is 338 g/mol. The second-order valence-corrected chi connectivity index (χ2v) is 5.44. The van der Waals surface area contributed by atoms with Crippen molar-refractivity contribution in [1.29, 1.82) is 0 Å². The maximum Gasteiger partial charge on any atom is 0.413 e. The summed E-state index contributed by atoms with van der Waals surface area (Å²) in [4.78, 5) is 26.9. The van der Waals surface area contributed by atoms with Crippen molar-refractivity contribution in [3.8, 4) is 17.1 Å². The summed E-state index contributed by atoms with van der Waals surface area (Å²) in [5.41, 5.74) is 9.00. The van der Waals surface area contributed by atoms with Crippen molar-refractivity contribution < 1.29 is 9.53 Å². The quantitative estimate of drug-likeness (QED) is 0.655. The lowest BCUT2D eigenvalue weighted by Gasteiger charge is -2.05. The van der Waals surface area contributed by atoms with Gasteiger partial charge in [0.2, 0.25) is 11.8 Å². The highest BCUT2D eigenvalue weighted by molar-refractivity contribution is 5.71. The van der Waals surface area contributed by atoms with E-state index in [-0.39, 0.29) is 5.95 Å². The third-order valence-electron chi connectivity index (χ3n) is 3.53. The second kappa shape index (κ2) is 7.43. The van der Waals surface area contributed by atoms with Gasteiger partial charge in [-0.2, -0.15) is 0 Å². The lowest BCUT2D eigenvalue weighted by Crippen LogP contribution is -2.28. The van der Waals surface area contributed by atoms with Crippen LogP contribution in [0.15, 0.2) is 43.0 Å². The highest BCUT2D eigenvalue weighted by Gasteiger charge is 2.11. The van der Waals surface area contributed by atoms with Crippen LogP contribution in [0.25, 0.3) is 11.3 Å². The Kier molecular flexibility index (Phi) is 4.89. The summed E-state index contributed by atoms with van der Waals surface area (Å²) in [6, 6.07) is 5.50. The first-order valence-electron chi connectivity index (χ1n) is 7.74. The molecule has 3 heterocycles. The Morgan fingerprint density at radius 2 is 2.28 bits per heavy atom. The zero-order valence-electron chi connectivity index (χ0n) is 13.7. The Balaban J connectivity index is 1.56. The number of hydrogen-bond donors (Lipinski definition) is 3. The van der Waals surface area contributed by atoms with Crippen LogP contribution in [0.3, 0.4) is 0 Å². The number of nitrogen functional groups attached to an aromatic ring is 1. The van der Waals surface area contributed by atoms with Gasteiger partial charge in [-0.25, -0.2) is 14.8 Å². The average Bonchev–Trinajstić information content (AvgIpc) is 3.06. The van der Waals surface area contributed by atoms with Crippen molar-refractivity contribution in [3.05, 3.63) is 54.1 Å². The minimum atomic E-state index is -0.531. The standard InChI is InChI=1S/C17H18N6O2/c1-11-8-22-16(18)23-15(11)13-7-14(21-10-13)25-17(24)20-6-4-12-3-2-5-19-9-12/h2-3,5,7-10,21H,4,6H2,1H3,(H,20,24)(H2,18,22,23). The molecule has 0 saturated heterocycles. The summed E-state index contributed by atoms with van der Waals surface area (Å²) >= 11 is 0. The lowest BCUT2D eigenvalue weighted by molar-refractivity contribution is 0.199. The number of nitrogens with one attached hydrogen (secondary N) is 2. The Morgan fingerprint density at radius 1 is 1.40 bits per heavy atom. The number of ether oxygens (including phenoxy) is 1. The van der Waals surface area contributed by atoms with E-state index in [0.717, 1.165) is 16.7 Å². The van der Waals surface area contributed by atoms with Gasteiger partial charge in [-0.15, -0.1) is 0 Å². The number of aryl methyl sites for hydroxylation is 1. The van der Waals surface area contributed by atoms with Gasteiger partial charge in [0, 0.05) is 43.0 Å². The van der Waals surface area contributed by atoms with Crippen LogP contribution in [0.2, 0.25) is 0 Å². The summed E-state index contributed by atoms with van der Waals surface area (Å²) in [6.45, 7) is 2.34. The monoisotopic (exact) mass is 338 g/mol. The fourth-order valence-electron chi connectivity index (χ4n) is 2.31. The van der Waals surface area contributed by atoms with E-state index >= 15 is 0 Å². The maximum atomic E-state index is 11.9. The van der Waals surface area contributed by atoms with Crippen LogP contribution in [-0.4, -0.2) is 32.6 Å². The SMILES string of the molecule is Cc1cnc(N)nc1-c1c[nH]c(OC(=O)NCCc2cccnc2)c1. The molecule has 128 valence electrons. The molecule has 0 saturated carbocycles. The Labute approximate surface area is 144 Å². The molecule has 0 spiro atoms. The molecule has 0 aliphatic rings. The molecule has 3 aromatic heterocycles. The first kappa shape index (κ1) is 16.4. The fourth-order valence-corrected chi connectivity index (χ4v) is 2.31. The van der Waals surface area contributed by atoms with Crippen molar-refractivity contribution in [2.24, 2.45) is 0 Å². The molecule has 0 atom stereocenters. The Hall–Kier alpha value is -3.42. The molecule has 4 N–H and O–H groups in total. The number of pyridine rings is 1. The predicted octanol–water partition coefficient (Wildman–Crippen LogP) is 2.09. The van der Waals surface area contributed by atoms with Gasteiger partial charge >= 0.3 is 6.09 Å². The van der Waals surface area contributed by atoms with Crippen molar-refractivity contribution in [2.45, 2.75) is 13.3 Å². The summed E-state index contributed by atoms with van der Waals surface area (Å²) in [5.74, 6) is 0.517. The summed E-state index contributed by atoms with van der Waals surface area (Å²) in [5, 5.41) is 2.69. The van der Waals surface area contributed by atoms with E-state index in [1.165, 1.54) is 0 Å². The topological polar surface area (TPSA) is 119 Å². The van der Waals surface area contributed by atoms with Crippen molar-refractivity contribution in [1.82, 2.24) is 25.3 Å². The zero-order chi connectivity index (χ0) is 17.6. The molecular weight excluding hydrogens is 320 g/mol. The molecule has 0 aliphatic carbocycles. The van der Waals surface area contributed by atoms with E-state index in [1.54, 1.807) is 30.9 Å². The highest BCUT2D eigenvalue weighted by atomic mass is 16.6. The van der Waals surface area contributed by atoms with E-state index in [9.17, 15) is 4.79 Å². The van der Waals surface area contributed by atoms with Crippen molar-refractivity contribution in [2.75, 3.05) is 12.3 Å². The molecule has 3 aromatic rings. The van der Waals surface area contributed by atoms with E-state index in [0.29, 0.717) is 24.5 Å². The summed E-state index contributed by atoms with van der Waals surface area (Å²) in [7, 11) is 0. The normalized spacial score (nSPS) is 10.4. The van der Waals surface area contributed by atoms with Crippen LogP contribution in [-0.2, 0) is 6.42 Å². The number of anilines is 1. The Bertz CT molecular complexity index is 863. The van der Waals surface area contributed by atoms with Crippen LogP contribution in [0.4, 0.5) is 10.7 Å². The van der Waals surface area contributed by atoms with Crippen LogP contribution >= 0.6 is 0 Å². The predicted molar refractivity (Wildman–Crippen MR) is 92.9 cm³/mol. The van der Waals surface area contributed by atoms with Gasteiger partial charge in [-0.3, -0.25) is 4.98 Å². The van der Waals surface area contributed by atoms with Gasteiger partial charge in [0.1, 0.15) is 0 Å². The van der Waals surface area contributed by atoms with Crippen molar-refractivity contribution in [3.63, 3.8) is 0 Å². The number of carbonyl (C=O) groups is 1. The van der Waals surface area contributed by atoms with Gasteiger partial charge < -0.3 is 20.8 Å². The summed E-state index contributed by atoms with van der Waals surface area (Å²) < 4.78 is 5.23. The van der Waals surface area contributed by atoms with Crippen LogP contribution in [0.1, 0.15) is 11.1 Å². The van der Waals surface area contributed by atoms with Gasteiger partial charge in [0.25, 0.3) is 0 Å². The Morgan fingerprint density at radius 3 is 3.08 bits per heavy atom. The first-order chi connectivity index (χ1) is 12.1. The largest absolute Gasteiger partial charge is 0.413 e. The molecule has 0 fully saturated rings. The molecule has 0 bridgehead atoms. The second-order valence-electron chi connectivity index (χ2n) is 5.44. The number of nitrogens with zero attached hydrogens (tertiary/aromatic N) is 3. The van der Waals surface area contributed by atoms with Gasteiger partial charge in [0.05, 0.1) is 5.69 Å². The summed E-state index contributed by atoms with van der Waals surface area (Å²) in [6.07, 6.45) is 6.97. The number of H-pyrrole nitrogens is 1. The number of rotatable bonds is 5. The lowest BCUT2D eigenvalue weighted by atomic mass is 10.1. The number of nitrogens with two attached hydrogens (primary N) is 1. The smallest absolute Gasteiger partial charge is 0.393 e. The van der Waals surface area contributed by atoms with E-state index in [2.05, 4.69) is 25.3 Å². The molecule has 8 nitrogen and oxygen atoms in total. The minimum Gasteiger partial charge on any atom is -0.393 e. The van der Waals surface area contributed by atoms with E-state index < -0.39 is 6.09 Å². The number of amides is 1. The van der Waals surface area contributed by atoms with Crippen molar-refractivity contribution >= 4 is 12.0 Å². The fraction of sp³-hybridized carbons (Fsp3) is 0.176. The van der Waals surface area contributed by atoms with Crippen LogP contribution < -0.4 is 15.8 Å². The minimum absolute atomic E-state index is 0.192. The molecule has 1 amide bonds. The molecule has 0 unspecified atom stereocenters. The highest BCUT2D eigenvalue weighted by Crippen LogP contribution is 2.24. The van der Waals surface area contributed by atoms with Gasteiger partial charge in [-0.1, -0.05) is 6.07 Å². The zero-order valence-corrected chi connectivity index (χ0v) is 13.7. The molecular formula is C17H18N6O2. The van der Waals surface area contributed by atoms with Gasteiger partial charge in [0.15, 0.2) is 0 Å². The van der Waals surface area contributed by atoms with Crippen LogP contribution in [0.5, 0.6) is 5.88 Å². The van der Waals surface area contributed by atoms with Crippen LogP contribution in [0, 0.1) is 6.92 Å². The maximum absolute atomic E-state index is 11.9. The number of carbonyl (C=O) groups excluding carboxylic acids is 1. The van der Waals surface area contributed by atoms with Gasteiger partial charge in [-0.05, 0) is 30.5 Å². The molecule has 0 radical (unpaired) electrons. The number of aromatic amines is 1. The van der Waals surface area contributed by atoms with E-state index in [4.69, 9.17) is 10.5 Å². The molecule has 8 heteroatoms. The third-order valence-corrected chi connectivity index (χ3v) is 3.53. The molecule has 3 rings (SSSR count). The number of aromatic nitrogens is 4. The van der Waals surface area contributed by atoms with E-state index in [1.807, 2.05) is 19.1 Å². The molecule has 0 aromatic carbocycles. The third kappa shape index (κ3) is 4.31. The number of hydrogen-bond acceptors (Lipinski definition) is 6. The first-order valence-corrected chi connectivity index (χ1v) is 7.74. The molecule has 25 heavy (non-hydrogen) atoms.